The zero-order chi connectivity index (χ0) is 23.3. The van der Waals surface area contributed by atoms with Crippen molar-refractivity contribution in [1.29, 1.82) is 0 Å². The first-order valence-electron chi connectivity index (χ1n) is 11.2. The number of halogens is 2. The fourth-order valence-corrected chi connectivity index (χ4v) is 3.62. The second-order valence-electron chi connectivity index (χ2n) is 8.11. The van der Waals surface area contributed by atoms with Gasteiger partial charge in [0.05, 0.1) is 6.54 Å². The van der Waals surface area contributed by atoms with E-state index >= 15 is 0 Å². The number of unbranched alkanes of at least 4 members (excludes halogenated alkanes) is 1. The summed E-state index contributed by atoms with van der Waals surface area (Å²) in [6.07, 6.45) is 2.94. The van der Waals surface area contributed by atoms with Gasteiger partial charge >= 0.3 is 5.92 Å². The van der Waals surface area contributed by atoms with Crippen molar-refractivity contribution in [1.82, 2.24) is 35.4 Å². The Kier molecular flexibility index (Phi) is 6.86. The summed E-state index contributed by atoms with van der Waals surface area (Å²) in [6, 6.07) is 16.2. The topological polar surface area (TPSA) is 85.2 Å². The number of H-pyrrole nitrogens is 1. The van der Waals surface area contributed by atoms with Gasteiger partial charge in [0.1, 0.15) is 5.82 Å². The molecule has 172 valence electrons. The highest BCUT2D eigenvalue weighted by Gasteiger charge is 2.35. The first-order valence-corrected chi connectivity index (χ1v) is 11.2. The second kappa shape index (κ2) is 9.97. The molecule has 1 N–H and O–H groups in total. The third kappa shape index (κ3) is 5.47. The normalized spacial score (nSPS) is 11.8. The number of aryl methyl sites for hydroxylation is 1. The lowest BCUT2D eigenvalue weighted by atomic mass is 10.0. The summed E-state index contributed by atoms with van der Waals surface area (Å²) in [5.41, 5.74) is 4.21. The molecule has 0 aliphatic carbocycles. The monoisotopic (exact) mass is 451 g/mol. The van der Waals surface area contributed by atoms with Gasteiger partial charge in [-0.1, -0.05) is 62.7 Å². The molecule has 7 nitrogen and oxygen atoms in total. The average Bonchev–Trinajstić information content (AvgIpc) is 3.50. The third-order valence-electron chi connectivity index (χ3n) is 5.58. The number of nitrogens with one attached hydrogen (secondary N) is 1. The van der Waals surface area contributed by atoms with E-state index in [1.807, 2.05) is 24.3 Å². The Labute approximate surface area is 191 Å². The van der Waals surface area contributed by atoms with E-state index in [-0.39, 0.29) is 12.2 Å². The van der Waals surface area contributed by atoms with Gasteiger partial charge in [-0.3, -0.25) is 0 Å². The molecule has 0 fully saturated rings. The maximum Gasteiger partial charge on any atom is 0.308 e. The van der Waals surface area contributed by atoms with Crippen molar-refractivity contribution >= 4 is 0 Å². The zero-order valence-electron chi connectivity index (χ0n) is 18.8. The summed E-state index contributed by atoms with van der Waals surface area (Å²) in [6.45, 7) is 3.93. The lowest BCUT2D eigenvalue weighted by molar-refractivity contribution is -0.0177. The number of nitrogens with zero attached hydrogens (tertiary/aromatic N) is 6. The lowest BCUT2D eigenvalue weighted by Crippen LogP contribution is -2.14. The van der Waals surface area contributed by atoms with E-state index in [4.69, 9.17) is 0 Å². The predicted molar refractivity (Wildman–Crippen MR) is 121 cm³/mol. The lowest BCUT2D eigenvalue weighted by Gasteiger charge is -2.09. The van der Waals surface area contributed by atoms with Gasteiger partial charge < -0.3 is 0 Å². The van der Waals surface area contributed by atoms with Crippen molar-refractivity contribution in [3.8, 4) is 11.4 Å². The smallest absolute Gasteiger partial charge is 0.245 e. The van der Waals surface area contributed by atoms with Crippen molar-refractivity contribution < 1.29 is 8.78 Å². The zero-order valence-corrected chi connectivity index (χ0v) is 18.8. The number of tetrazole rings is 1. The summed E-state index contributed by atoms with van der Waals surface area (Å²) < 4.78 is 30.0. The van der Waals surface area contributed by atoms with Crippen LogP contribution >= 0.6 is 0 Å². The maximum atomic E-state index is 14.2. The van der Waals surface area contributed by atoms with E-state index in [9.17, 15) is 8.78 Å². The molecular formula is C24H27F2N7. The van der Waals surface area contributed by atoms with Crippen molar-refractivity contribution in [3.63, 3.8) is 0 Å². The highest BCUT2D eigenvalue weighted by molar-refractivity contribution is 5.55. The number of rotatable bonds is 10. The minimum atomic E-state index is -3.01. The van der Waals surface area contributed by atoms with Gasteiger partial charge in [0.2, 0.25) is 5.82 Å². The second-order valence-corrected chi connectivity index (χ2v) is 8.11. The van der Waals surface area contributed by atoms with E-state index in [2.05, 4.69) is 61.9 Å². The molecule has 0 atom stereocenters. The number of hydrogen-bond acceptors (Lipinski definition) is 5. The molecule has 4 rings (SSSR count). The molecule has 0 saturated heterocycles. The summed E-state index contributed by atoms with van der Waals surface area (Å²) in [5.74, 6) is -2.14. The molecule has 0 aliphatic rings. The Bertz CT molecular complexity index is 1170. The van der Waals surface area contributed by atoms with Crippen molar-refractivity contribution in [2.75, 3.05) is 0 Å². The van der Waals surface area contributed by atoms with E-state index in [1.165, 1.54) is 6.92 Å². The number of aromatic amines is 1. The third-order valence-corrected chi connectivity index (χ3v) is 5.58. The van der Waals surface area contributed by atoms with Crippen molar-refractivity contribution in [2.24, 2.45) is 0 Å². The standard InChI is InChI=1S/C24H27F2N7/c1-3-5-9-21-27-23(24(25,26)4-2)30-33(21)16-18-12-10-17(11-13-18)14-19-7-6-8-20(15-19)22-28-31-32-29-22/h6-8,10-13,15H,3-5,9,14,16H2,1-2H3,(H,28,29,31,32). The Morgan fingerprint density at radius 1 is 1.00 bits per heavy atom. The van der Waals surface area contributed by atoms with Crippen LogP contribution in [0.4, 0.5) is 8.78 Å². The minimum absolute atomic E-state index is 0.312. The van der Waals surface area contributed by atoms with Crippen LogP contribution < -0.4 is 0 Å². The molecular weight excluding hydrogens is 424 g/mol. The summed E-state index contributed by atoms with van der Waals surface area (Å²) in [4.78, 5) is 4.17. The first kappa shape index (κ1) is 22.7. The fourth-order valence-electron chi connectivity index (χ4n) is 3.62. The largest absolute Gasteiger partial charge is 0.308 e. The Morgan fingerprint density at radius 3 is 2.48 bits per heavy atom. The number of alkyl halides is 2. The van der Waals surface area contributed by atoms with Gasteiger partial charge in [-0.15, -0.1) is 10.2 Å². The quantitative estimate of drug-likeness (QED) is 0.369. The van der Waals surface area contributed by atoms with Crippen molar-refractivity contribution in [3.05, 3.63) is 76.9 Å². The molecule has 0 saturated carbocycles. The highest BCUT2D eigenvalue weighted by atomic mass is 19.3. The molecule has 0 unspecified atom stereocenters. The first-order chi connectivity index (χ1) is 16.0. The van der Waals surface area contributed by atoms with Crippen LogP contribution in [0.3, 0.4) is 0 Å². The minimum Gasteiger partial charge on any atom is -0.245 e. The van der Waals surface area contributed by atoms with Crippen LogP contribution in [0.25, 0.3) is 11.4 Å². The van der Waals surface area contributed by atoms with Gasteiger partial charge in [0.15, 0.2) is 5.82 Å². The van der Waals surface area contributed by atoms with Gasteiger partial charge in [0, 0.05) is 18.4 Å². The fraction of sp³-hybridized carbons (Fsp3) is 0.375. The molecule has 2 aromatic heterocycles. The summed E-state index contributed by atoms with van der Waals surface area (Å²) in [7, 11) is 0. The molecule has 2 aromatic carbocycles. The molecule has 4 aromatic rings. The number of hydrogen-bond donors (Lipinski definition) is 1. The molecule has 0 bridgehead atoms. The number of benzene rings is 2. The van der Waals surface area contributed by atoms with Gasteiger partial charge in [-0.25, -0.2) is 14.8 Å². The van der Waals surface area contributed by atoms with Gasteiger partial charge in [-0.05, 0) is 46.0 Å². The van der Waals surface area contributed by atoms with Crippen LogP contribution in [0.2, 0.25) is 0 Å². The van der Waals surface area contributed by atoms with Crippen molar-refractivity contribution in [2.45, 2.75) is 58.4 Å². The highest BCUT2D eigenvalue weighted by Crippen LogP contribution is 2.29. The average molecular weight is 452 g/mol. The van der Waals surface area contributed by atoms with Gasteiger partial charge in [0.25, 0.3) is 0 Å². The Morgan fingerprint density at radius 2 is 1.79 bits per heavy atom. The van der Waals surface area contributed by atoms with E-state index in [0.717, 1.165) is 41.5 Å². The van der Waals surface area contributed by atoms with Crippen LogP contribution in [-0.2, 0) is 25.3 Å². The van der Waals surface area contributed by atoms with Crippen LogP contribution in [0.5, 0.6) is 0 Å². The predicted octanol–water partition coefficient (Wildman–Crippen LogP) is 4.94. The Balaban J connectivity index is 1.48. The Hall–Kier alpha value is -3.49. The molecule has 33 heavy (non-hydrogen) atoms. The van der Waals surface area contributed by atoms with Crippen LogP contribution in [0, 0.1) is 0 Å². The molecule has 0 radical (unpaired) electrons. The molecule has 9 heteroatoms. The van der Waals surface area contributed by atoms with Crippen LogP contribution in [0.1, 0.15) is 61.4 Å². The molecule has 0 spiro atoms. The van der Waals surface area contributed by atoms with E-state index in [1.54, 1.807) is 4.68 Å². The molecule has 0 amide bonds. The summed E-state index contributed by atoms with van der Waals surface area (Å²) >= 11 is 0. The summed E-state index contributed by atoms with van der Waals surface area (Å²) in [5, 5.41) is 18.1. The van der Waals surface area contributed by atoms with E-state index < -0.39 is 5.92 Å². The van der Waals surface area contributed by atoms with Crippen LogP contribution in [0.15, 0.2) is 48.5 Å². The maximum absolute atomic E-state index is 14.2. The SMILES string of the molecule is CCCCc1nc(C(F)(F)CC)nn1Cc1ccc(Cc2cccc(-c3nnn[nH]3)c2)cc1. The molecule has 2 heterocycles. The van der Waals surface area contributed by atoms with E-state index in [0.29, 0.717) is 24.6 Å². The van der Waals surface area contributed by atoms with Crippen LogP contribution in [-0.4, -0.2) is 35.4 Å². The van der Waals surface area contributed by atoms with Gasteiger partial charge in [-0.2, -0.15) is 8.78 Å². The number of aromatic nitrogens is 7. The molecule has 0 aliphatic heterocycles.